The number of pyridine rings is 1. The van der Waals surface area contributed by atoms with E-state index in [1.165, 1.54) is 23.5 Å². The van der Waals surface area contributed by atoms with Gasteiger partial charge in [0.25, 0.3) is 15.9 Å². The number of carbonyl (C=O) groups is 1. The van der Waals surface area contributed by atoms with Gasteiger partial charge in [0, 0.05) is 43.1 Å². The van der Waals surface area contributed by atoms with Crippen LogP contribution < -0.4 is 15.4 Å². The average Bonchev–Trinajstić information content (AvgIpc) is 3.25. The van der Waals surface area contributed by atoms with Gasteiger partial charge in [-0.1, -0.05) is 22.9 Å². The summed E-state index contributed by atoms with van der Waals surface area (Å²) in [6, 6.07) is 14.9. The largest absolute Gasteiger partial charge is 0.340 e. The van der Waals surface area contributed by atoms with E-state index in [4.69, 9.17) is 11.6 Å². The number of benzene rings is 2. The fraction of sp³-hybridized carbons (Fsp3) is 0.174. The molecule has 5 rings (SSSR count). The summed E-state index contributed by atoms with van der Waals surface area (Å²) < 4.78 is 29.1. The number of rotatable bonds is 6. The Labute approximate surface area is 211 Å². The summed E-state index contributed by atoms with van der Waals surface area (Å²) in [5.41, 5.74) is 1.73. The van der Waals surface area contributed by atoms with Crippen molar-refractivity contribution in [2.24, 2.45) is 0 Å². The quantitative estimate of drug-likeness (QED) is 0.347. The number of aromatic nitrogens is 2. The molecule has 9 nitrogen and oxygen atoms in total. The Morgan fingerprint density at radius 2 is 1.86 bits per heavy atom. The zero-order valence-electron chi connectivity index (χ0n) is 18.4. The van der Waals surface area contributed by atoms with E-state index >= 15 is 0 Å². The van der Waals surface area contributed by atoms with Crippen LogP contribution in [0.2, 0.25) is 5.02 Å². The molecule has 0 bridgehead atoms. The highest BCUT2D eigenvalue weighted by Crippen LogP contribution is 2.30. The summed E-state index contributed by atoms with van der Waals surface area (Å²) in [4.78, 5) is 23.5. The summed E-state index contributed by atoms with van der Waals surface area (Å²) in [5.74, 6) is 0.320. The number of piperazine rings is 1. The zero-order chi connectivity index (χ0) is 24.4. The molecule has 0 aliphatic carbocycles. The van der Waals surface area contributed by atoms with Crippen molar-refractivity contribution in [3.63, 3.8) is 0 Å². The summed E-state index contributed by atoms with van der Waals surface area (Å²) in [6.45, 7) is 2.77. The Hall–Kier alpha value is -3.25. The lowest BCUT2D eigenvalue weighted by Crippen LogP contribution is -2.46. The van der Waals surface area contributed by atoms with E-state index < -0.39 is 10.0 Å². The maximum Gasteiger partial charge on any atom is 0.263 e. The highest BCUT2D eigenvalue weighted by molar-refractivity contribution is 7.93. The Kier molecular flexibility index (Phi) is 6.56. The molecule has 0 radical (unpaired) electrons. The molecular weight excluding hydrogens is 508 g/mol. The van der Waals surface area contributed by atoms with Gasteiger partial charge < -0.3 is 15.5 Å². The molecule has 1 amide bonds. The molecule has 0 unspecified atom stereocenters. The number of carbonyl (C=O) groups excluding carboxylic acids is 1. The molecule has 180 valence electrons. The lowest BCUT2D eigenvalue weighted by Gasteiger charge is -2.28. The number of sulfonamides is 1. The second kappa shape index (κ2) is 9.78. The number of nitrogens with one attached hydrogen (secondary N) is 3. The van der Waals surface area contributed by atoms with Gasteiger partial charge in [0.1, 0.15) is 5.82 Å². The third-order valence-corrected chi connectivity index (χ3v) is 8.09. The van der Waals surface area contributed by atoms with Gasteiger partial charge in [0.2, 0.25) is 0 Å². The second-order valence-corrected chi connectivity index (χ2v) is 11.0. The van der Waals surface area contributed by atoms with E-state index in [1.807, 2.05) is 0 Å². The molecule has 0 spiro atoms. The predicted octanol–water partition coefficient (Wildman–Crippen LogP) is 3.93. The summed E-state index contributed by atoms with van der Waals surface area (Å²) in [7, 11) is -3.84. The van der Waals surface area contributed by atoms with E-state index in [0.717, 1.165) is 17.8 Å². The molecule has 0 saturated carbocycles. The van der Waals surface area contributed by atoms with Crippen LogP contribution in [0.1, 0.15) is 10.4 Å². The first-order chi connectivity index (χ1) is 16.9. The van der Waals surface area contributed by atoms with E-state index in [0.29, 0.717) is 40.7 Å². The predicted molar refractivity (Wildman–Crippen MR) is 138 cm³/mol. The van der Waals surface area contributed by atoms with Crippen LogP contribution in [0.25, 0.3) is 10.2 Å². The SMILES string of the molecule is O=C(c1cccnc1Nc1ccc(S(=O)(=O)Nc2nc3ccc(Cl)cc3s2)cc1)N1CCNCC1. The van der Waals surface area contributed by atoms with Crippen LogP contribution in [0, 0.1) is 0 Å². The molecule has 2 aromatic carbocycles. The van der Waals surface area contributed by atoms with Crippen molar-refractivity contribution in [3.05, 3.63) is 71.4 Å². The van der Waals surface area contributed by atoms with Crippen molar-refractivity contribution in [1.82, 2.24) is 20.2 Å². The summed E-state index contributed by atoms with van der Waals surface area (Å²) in [6.07, 6.45) is 1.60. The van der Waals surface area contributed by atoms with Gasteiger partial charge >= 0.3 is 0 Å². The topological polar surface area (TPSA) is 116 Å². The van der Waals surface area contributed by atoms with Gasteiger partial charge in [0.05, 0.1) is 20.7 Å². The smallest absolute Gasteiger partial charge is 0.263 e. The molecule has 3 heterocycles. The Bertz CT molecular complexity index is 1480. The number of amides is 1. The summed E-state index contributed by atoms with van der Waals surface area (Å²) >= 11 is 7.21. The molecule has 1 aliphatic heterocycles. The Morgan fingerprint density at radius 1 is 1.09 bits per heavy atom. The minimum atomic E-state index is -3.84. The number of fused-ring (bicyclic) bond motifs is 1. The van der Waals surface area contributed by atoms with Crippen molar-refractivity contribution >= 4 is 65.7 Å². The maximum absolute atomic E-state index is 13.0. The van der Waals surface area contributed by atoms with Crippen molar-refractivity contribution < 1.29 is 13.2 Å². The van der Waals surface area contributed by atoms with Crippen LogP contribution in [0.4, 0.5) is 16.6 Å². The van der Waals surface area contributed by atoms with Crippen LogP contribution in [-0.2, 0) is 10.0 Å². The van der Waals surface area contributed by atoms with Gasteiger partial charge in [-0.15, -0.1) is 0 Å². The highest BCUT2D eigenvalue weighted by Gasteiger charge is 2.22. The zero-order valence-corrected chi connectivity index (χ0v) is 20.8. The lowest BCUT2D eigenvalue weighted by atomic mass is 10.2. The minimum Gasteiger partial charge on any atom is -0.340 e. The average molecular weight is 529 g/mol. The first kappa shape index (κ1) is 23.5. The Morgan fingerprint density at radius 3 is 2.63 bits per heavy atom. The molecule has 35 heavy (non-hydrogen) atoms. The molecule has 0 atom stereocenters. The second-order valence-electron chi connectivity index (χ2n) is 7.83. The molecule has 2 aromatic heterocycles. The molecule has 12 heteroatoms. The summed E-state index contributed by atoms with van der Waals surface area (Å²) in [5, 5.41) is 7.18. The van der Waals surface area contributed by atoms with Gasteiger partial charge in [0.15, 0.2) is 5.13 Å². The van der Waals surface area contributed by atoms with Crippen LogP contribution in [-0.4, -0.2) is 55.4 Å². The number of hydrogen-bond donors (Lipinski definition) is 3. The van der Waals surface area contributed by atoms with Crippen LogP contribution >= 0.6 is 22.9 Å². The maximum atomic E-state index is 13.0. The number of thiazole rings is 1. The molecule has 1 fully saturated rings. The third kappa shape index (κ3) is 5.22. The normalized spacial score (nSPS) is 14.1. The van der Waals surface area contributed by atoms with E-state index in [-0.39, 0.29) is 15.9 Å². The fourth-order valence-electron chi connectivity index (χ4n) is 3.69. The van der Waals surface area contributed by atoms with Crippen LogP contribution in [0.3, 0.4) is 0 Å². The Balaban J connectivity index is 1.32. The van der Waals surface area contributed by atoms with Crippen molar-refractivity contribution in [2.75, 3.05) is 36.2 Å². The molecule has 1 aliphatic rings. The number of hydrogen-bond acceptors (Lipinski definition) is 8. The minimum absolute atomic E-state index is 0.0819. The van der Waals surface area contributed by atoms with Crippen molar-refractivity contribution in [3.8, 4) is 0 Å². The molecular formula is C23H21ClN6O3S2. The number of halogens is 1. The monoisotopic (exact) mass is 528 g/mol. The van der Waals surface area contributed by atoms with E-state index in [2.05, 4.69) is 25.3 Å². The molecule has 3 N–H and O–H groups in total. The number of anilines is 3. The lowest BCUT2D eigenvalue weighted by molar-refractivity contribution is 0.0736. The highest BCUT2D eigenvalue weighted by atomic mass is 35.5. The van der Waals surface area contributed by atoms with Gasteiger partial charge in [-0.25, -0.2) is 18.4 Å². The van der Waals surface area contributed by atoms with Crippen molar-refractivity contribution in [2.45, 2.75) is 4.90 Å². The standard InChI is InChI=1S/C23H21ClN6O3S2/c24-15-3-8-19-20(14-15)34-23(28-19)29-35(32,33)17-6-4-16(5-7-17)27-21-18(2-1-9-26-21)22(31)30-12-10-25-11-13-30/h1-9,14,25H,10-13H2,(H,26,27)(H,28,29). The first-order valence-corrected chi connectivity index (χ1v) is 13.5. The van der Waals surface area contributed by atoms with Gasteiger partial charge in [-0.3, -0.25) is 9.52 Å². The number of nitrogens with zero attached hydrogens (tertiary/aromatic N) is 3. The molecule has 4 aromatic rings. The third-order valence-electron chi connectivity index (χ3n) is 5.44. The first-order valence-electron chi connectivity index (χ1n) is 10.8. The van der Waals surface area contributed by atoms with Gasteiger partial charge in [-0.05, 0) is 54.6 Å². The van der Waals surface area contributed by atoms with E-state index in [9.17, 15) is 13.2 Å². The van der Waals surface area contributed by atoms with Gasteiger partial charge in [-0.2, -0.15) is 0 Å². The van der Waals surface area contributed by atoms with Crippen molar-refractivity contribution in [1.29, 1.82) is 0 Å². The van der Waals surface area contributed by atoms with Crippen LogP contribution in [0.15, 0.2) is 65.7 Å². The molecule has 1 saturated heterocycles. The van der Waals surface area contributed by atoms with Crippen LogP contribution in [0.5, 0.6) is 0 Å². The van der Waals surface area contributed by atoms with E-state index in [1.54, 1.807) is 53.6 Å². The fourth-order valence-corrected chi connectivity index (χ4v) is 6.06.